The second kappa shape index (κ2) is 5.54. The van der Waals surface area contributed by atoms with Crippen molar-refractivity contribution >= 4 is 11.8 Å². The minimum absolute atomic E-state index is 0.00306. The van der Waals surface area contributed by atoms with Crippen LogP contribution in [0, 0.1) is 13.8 Å². The van der Waals surface area contributed by atoms with Crippen LogP contribution in [0.25, 0.3) is 0 Å². The molecule has 1 aromatic carbocycles. The van der Waals surface area contributed by atoms with Gasteiger partial charge in [-0.3, -0.25) is 0 Å². The van der Waals surface area contributed by atoms with Crippen molar-refractivity contribution in [3.63, 3.8) is 0 Å². The Hall–Kier alpha value is -1.33. The summed E-state index contributed by atoms with van der Waals surface area (Å²) in [7, 11) is 0. The van der Waals surface area contributed by atoms with Gasteiger partial charge in [-0.05, 0) is 25.0 Å². The van der Waals surface area contributed by atoms with Crippen molar-refractivity contribution in [2.45, 2.75) is 37.3 Å². The third-order valence-corrected chi connectivity index (χ3v) is 4.01. The van der Waals surface area contributed by atoms with Crippen molar-refractivity contribution in [1.82, 2.24) is 10.2 Å². The van der Waals surface area contributed by atoms with Crippen molar-refractivity contribution in [3.05, 3.63) is 41.3 Å². The molecule has 0 saturated heterocycles. The number of hydrogen-bond donors (Lipinski definition) is 1. The van der Waals surface area contributed by atoms with Gasteiger partial charge in [0.1, 0.15) is 0 Å². The van der Waals surface area contributed by atoms with Crippen molar-refractivity contribution < 1.29 is 4.42 Å². The molecule has 4 nitrogen and oxygen atoms in total. The van der Waals surface area contributed by atoms with Crippen molar-refractivity contribution in [3.8, 4) is 0 Å². The molecule has 18 heavy (non-hydrogen) atoms. The van der Waals surface area contributed by atoms with E-state index in [9.17, 15) is 0 Å². The quantitative estimate of drug-likeness (QED) is 0.859. The normalized spacial score (nSPS) is 14.4. The number of hydrogen-bond acceptors (Lipinski definition) is 5. The minimum Gasteiger partial charge on any atom is -0.416 e. The highest BCUT2D eigenvalue weighted by Crippen LogP contribution is 2.37. The lowest BCUT2D eigenvalue weighted by atomic mass is 10.0. The minimum atomic E-state index is 0.00306. The summed E-state index contributed by atoms with van der Waals surface area (Å²) in [4.78, 5) is 0. The first-order valence-corrected chi connectivity index (χ1v) is 6.73. The van der Waals surface area contributed by atoms with Gasteiger partial charge in [-0.15, -0.1) is 10.2 Å². The molecule has 0 aliphatic heterocycles. The maximum atomic E-state index is 6.08. The lowest BCUT2D eigenvalue weighted by molar-refractivity contribution is 0.427. The van der Waals surface area contributed by atoms with Gasteiger partial charge < -0.3 is 10.2 Å². The lowest BCUT2D eigenvalue weighted by Gasteiger charge is -2.20. The molecular weight excluding hydrogens is 246 g/mol. The molecule has 2 unspecified atom stereocenters. The van der Waals surface area contributed by atoms with Crippen LogP contribution in [0.2, 0.25) is 0 Å². The summed E-state index contributed by atoms with van der Waals surface area (Å²) in [5.74, 6) is 0.575. The average Bonchev–Trinajstić information content (AvgIpc) is 2.73. The third-order valence-electron chi connectivity index (χ3n) is 2.71. The van der Waals surface area contributed by atoms with Crippen LogP contribution in [0.15, 0.2) is 33.9 Å². The first kappa shape index (κ1) is 13.1. The van der Waals surface area contributed by atoms with E-state index in [-0.39, 0.29) is 11.3 Å². The van der Waals surface area contributed by atoms with Gasteiger partial charge in [-0.1, -0.05) is 36.0 Å². The lowest BCUT2D eigenvalue weighted by Crippen LogP contribution is -2.23. The Kier molecular flexibility index (Phi) is 4.04. The van der Waals surface area contributed by atoms with Gasteiger partial charge in [0.05, 0.1) is 5.25 Å². The number of nitrogens with two attached hydrogens (primary N) is 1. The Morgan fingerprint density at radius 2 is 1.94 bits per heavy atom. The SMILES string of the molecule is Cc1nnc(SC(c2ccccc2C)C(C)N)o1. The summed E-state index contributed by atoms with van der Waals surface area (Å²) >= 11 is 1.52. The van der Waals surface area contributed by atoms with E-state index < -0.39 is 0 Å². The predicted octanol–water partition coefficient (Wildman–Crippen LogP) is 2.87. The molecule has 0 radical (unpaired) electrons. The smallest absolute Gasteiger partial charge is 0.277 e. The molecule has 2 rings (SSSR count). The summed E-state index contributed by atoms with van der Waals surface area (Å²) in [5, 5.41) is 8.54. The van der Waals surface area contributed by atoms with Gasteiger partial charge in [-0.2, -0.15) is 0 Å². The van der Waals surface area contributed by atoms with Gasteiger partial charge >= 0.3 is 0 Å². The Morgan fingerprint density at radius 1 is 1.22 bits per heavy atom. The standard InChI is InChI=1S/C13H17N3OS/c1-8-6-4-5-7-11(8)12(9(2)14)18-13-16-15-10(3)17-13/h4-7,9,12H,14H2,1-3H3. The molecule has 0 fully saturated rings. The number of nitrogens with zero attached hydrogens (tertiary/aromatic N) is 2. The van der Waals surface area contributed by atoms with Crippen molar-refractivity contribution in [2.75, 3.05) is 0 Å². The monoisotopic (exact) mass is 263 g/mol. The Morgan fingerprint density at radius 3 is 2.50 bits per heavy atom. The summed E-state index contributed by atoms with van der Waals surface area (Å²) < 4.78 is 5.41. The molecular formula is C13H17N3OS. The van der Waals surface area contributed by atoms with Crippen LogP contribution in [0.5, 0.6) is 0 Å². The fourth-order valence-electron chi connectivity index (χ4n) is 1.79. The molecule has 2 aromatic rings. The van der Waals surface area contributed by atoms with Crippen LogP contribution in [0.4, 0.5) is 0 Å². The van der Waals surface area contributed by atoms with E-state index in [4.69, 9.17) is 10.2 Å². The highest BCUT2D eigenvalue weighted by atomic mass is 32.2. The van der Waals surface area contributed by atoms with Crippen LogP contribution < -0.4 is 5.73 Å². The zero-order valence-corrected chi connectivity index (χ0v) is 11.6. The molecule has 1 heterocycles. The number of benzene rings is 1. The second-order valence-corrected chi connectivity index (χ2v) is 5.43. The second-order valence-electron chi connectivity index (χ2n) is 4.34. The Bertz CT molecular complexity index is 524. The van der Waals surface area contributed by atoms with E-state index in [0.29, 0.717) is 11.1 Å². The number of rotatable bonds is 4. The van der Waals surface area contributed by atoms with Crippen LogP contribution in [-0.2, 0) is 0 Å². The molecule has 0 aliphatic rings. The molecule has 0 saturated carbocycles. The summed E-state index contributed by atoms with van der Waals surface area (Å²) in [6.45, 7) is 5.86. The molecule has 2 N–H and O–H groups in total. The van der Waals surface area contributed by atoms with Crippen LogP contribution in [-0.4, -0.2) is 16.2 Å². The van der Waals surface area contributed by atoms with Crippen molar-refractivity contribution in [2.24, 2.45) is 5.73 Å². The van der Waals surface area contributed by atoms with Crippen molar-refractivity contribution in [1.29, 1.82) is 0 Å². The average molecular weight is 263 g/mol. The molecule has 0 bridgehead atoms. The summed E-state index contributed by atoms with van der Waals surface area (Å²) in [5.41, 5.74) is 8.52. The van der Waals surface area contributed by atoms with Gasteiger partial charge in [-0.25, -0.2) is 0 Å². The predicted molar refractivity (Wildman–Crippen MR) is 72.5 cm³/mol. The number of aromatic nitrogens is 2. The Labute approximate surface area is 111 Å². The summed E-state index contributed by atoms with van der Waals surface area (Å²) in [6, 6.07) is 8.24. The van der Waals surface area contributed by atoms with Gasteiger partial charge in [0.25, 0.3) is 5.22 Å². The van der Waals surface area contributed by atoms with E-state index in [0.717, 1.165) is 0 Å². The zero-order valence-electron chi connectivity index (χ0n) is 10.8. The largest absolute Gasteiger partial charge is 0.416 e. The third kappa shape index (κ3) is 2.91. The maximum Gasteiger partial charge on any atom is 0.277 e. The van der Waals surface area contributed by atoms with Crippen LogP contribution in [0.3, 0.4) is 0 Å². The van der Waals surface area contributed by atoms with E-state index in [1.807, 2.05) is 19.1 Å². The highest BCUT2D eigenvalue weighted by molar-refractivity contribution is 7.99. The Balaban J connectivity index is 2.27. The summed E-state index contributed by atoms with van der Waals surface area (Å²) in [6.07, 6.45) is 0. The fraction of sp³-hybridized carbons (Fsp3) is 0.385. The highest BCUT2D eigenvalue weighted by Gasteiger charge is 2.22. The van der Waals surface area contributed by atoms with Crippen LogP contribution in [0.1, 0.15) is 29.2 Å². The number of aryl methyl sites for hydroxylation is 2. The van der Waals surface area contributed by atoms with E-state index in [1.165, 1.54) is 22.9 Å². The van der Waals surface area contributed by atoms with E-state index in [1.54, 1.807) is 6.92 Å². The van der Waals surface area contributed by atoms with Crippen LogP contribution >= 0.6 is 11.8 Å². The molecule has 2 atom stereocenters. The first-order valence-electron chi connectivity index (χ1n) is 5.86. The zero-order chi connectivity index (χ0) is 13.1. The van der Waals surface area contributed by atoms with Gasteiger partial charge in [0.2, 0.25) is 5.89 Å². The topological polar surface area (TPSA) is 64.9 Å². The molecule has 0 amide bonds. The van der Waals surface area contributed by atoms with Gasteiger partial charge in [0.15, 0.2) is 0 Å². The van der Waals surface area contributed by atoms with Gasteiger partial charge in [0, 0.05) is 13.0 Å². The molecule has 96 valence electrons. The number of thioether (sulfide) groups is 1. The molecule has 0 aliphatic carbocycles. The fourth-order valence-corrected chi connectivity index (χ4v) is 2.87. The first-order chi connectivity index (χ1) is 8.58. The molecule has 1 aromatic heterocycles. The molecule has 5 heteroatoms. The van der Waals surface area contributed by atoms with E-state index in [2.05, 4.69) is 29.3 Å². The molecule has 0 spiro atoms. The van der Waals surface area contributed by atoms with E-state index >= 15 is 0 Å². The maximum absolute atomic E-state index is 6.08.